The summed E-state index contributed by atoms with van der Waals surface area (Å²) in [5, 5.41) is 6.49. The molecule has 6 aromatic heterocycles. The monoisotopic (exact) mass is 787 g/mol. The van der Waals surface area contributed by atoms with E-state index in [-0.39, 0.29) is 25.8 Å². The van der Waals surface area contributed by atoms with E-state index < -0.39 is 0 Å². The minimum Gasteiger partial charge on any atom is -0.503 e. The number of pyridine rings is 3. The van der Waals surface area contributed by atoms with E-state index in [0.29, 0.717) is 11.5 Å². The Morgan fingerprint density at radius 3 is 2.09 bits per heavy atom. The zero-order valence-corrected chi connectivity index (χ0v) is 31.2. The van der Waals surface area contributed by atoms with E-state index in [2.05, 4.69) is 133 Å². The second-order valence-corrected chi connectivity index (χ2v) is 14.7. The Bertz CT molecular complexity index is 3230. The zero-order valence-electron chi connectivity index (χ0n) is 29.7. The van der Waals surface area contributed by atoms with Crippen molar-refractivity contribution >= 4 is 65.7 Å². The summed E-state index contributed by atoms with van der Waals surface area (Å²) in [6.45, 7) is 6.77. The van der Waals surface area contributed by atoms with E-state index in [0.717, 1.165) is 72.0 Å². The molecule has 260 valence electrons. The van der Waals surface area contributed by atoms with Gasteiger partial charge < -0.3 is 13.5 Å². The Kier molecular flexibility index (Phi) is 7.19. The molecule has 0 saturated carbocycles. The van der Waals surface area contributed by atoms with Crippen molar-refractivity contribution in [1.82, 2.24) is 23.8 Å². The molecule has 0 aliphatic heterocycles. The average molecular weight is 788 g/mol. The fraction of sp³-hybridized carbons (Fsp3) is 0.0851. The summed E-state index contributed by atoms with van der Waals surface area (Å²) in [6, 6.07) is 49.0. The van der Waals surface area contributed by atoms with Crippen LogP contribution in [0.2, 0.25) is 0 Å². The number of hydrogen-bond donors (Lipinski definition) is 0. The first-order valence-corrected chi connectivity index (χ1v) is 17.9. The van der Waals surface area contributed by atoms with Crippen LogP contribution in [0.3, 0.4) is 0 Å². The van der Waals surface area contributed by atoms with Crippen molar-refractivity contribution < 1.29 is 25.2 Å². The van der Waals surface area contributed by atoms with Gasteiger partial charge in [-0.05, 0) is 40.1 Å². The van der Waals surface area contributed by atoms with Gasteiger partial charge in [0.05, 0.1) is 28.1 Å². The Hall–Kier alpha value is -6.13. The van der Waals surface area contributed by atoms with Gasteiger partial charge in [0.15, 0.2) is 0 Å². The second kappa shape index (κ2) is 11.9. The largest absolute Gasteiger partial charge is 2.00 e. The van der Waals surface area contributed by atoms with Crippen molar-refractivity contribution in [3.63, 3.8) is 0 Å². The zero-order chi connectivity index (χ0) is 35.4. The molecule has 11 aromatic rings. The number of ether oxygens (including phenoxy) is 1. The van der Waals surface area contributed by atoms with Gasteiger partial charge in [0, 0.05) is 45.7 Å². The van der Waals surface area contributed by atoms with Crippen molar-refractivity contribution in [1.29, 1.82) is 0 Å². The molecule has 0 fully saturated rings. The van der Waals surface area contributed by atoms with Crippen molar-refractivity contribution in [2.24, 2.45) is 0 Å². The van der Waals surface area contributed by atoms with Crippen molar-refractivity contribution in [3.05, 3.63) is 151 Å². The molecule has 0 aliphatic rings. The van der Waals surface area contributed by atoms with Gasteiger partial charge >= 0.3 is 20.4 Å². The number of hydrogen-bond acceptors (Lipinski definition) is 4. The summed E-state index contributed by atoms with van der Waals surface area (Å²) >= 11 is 0. The van der Waals surface area contributed by atoms with E-state index in [4.69, 9.17) is 19.7 Å². The van der Waals surface area contributed by atoms with Gasteiger partial charge in [-0.3, -0.25) is 9.97 Å². The SMILES string of the molecule is CC(C)(C)c1ccnc2c1c1cccc3c4ccc(Oc5[c-]c6c(cc5)c5ncccc5n5c(-c7ccccc7)c(-c7ccccc7)nc65)[c-]c4n2c31.[Pd+2]. The number of para-hydroxylation sites is 1. The number of benzene rings is 5. The van der Waals surface area contributed by atoms with E-state index in [1.807, 2.05) is 42.7 Å². The van der Waals surface area contributed by atoms with Crippen LogP contribution in [-0.2, 0) is 25.8 Å². The molecule has 0 aliphatic carbocycles. The summed E-state index contributed by atoms with van der Waals surface area (Å²) in [5.74, 6) is 1.17. The summed E-state index contributed by atoms with van der Waals surface area (Å²) in [6.07, 6.45) is 3.77. The molecule has 0 N–H and O–H groups in total. The molecule has 0 atom stereocenters. The molecular weight excluding hydrogens is 757 g/mol. The van der Waals surface area contributed by atoms with E-state index >= 15 is 0 Å². The van der Waals surface area contributed by atoms with Gasteiger partial charge in [-0.1, -0.05) is 128 Å². The Morgan fingerprint density at radius 1 is 0.593 bits per heavy atom. The van der Waals surface area contributed by atoms with Crippen LogP contribution in [0.15, 0.2) is 134 Å². The molecule has 7 heteroatoms. The maximum absolute atomic E-state index is 6.64. The van der Waals surface area contributed by atoms with Crippen LogP contribution in [-0.4, -0.2) is 23.8 Å². The first-order valence-electron chi connectivity index (χ1n) is 17.9. The number of nitrogens with zero attached hydrogens (tertiary/aromatic N) is 5. The summed E-state index contributed by atoms with van der Waals surface area (Å²) in [5.41, 5.74) is 10.9. The third-order valence-electron chi connectivity index (χ3n) is 10.5. The van der Waals surface area contributed by atoms with Crippen molar-refractivity contribution in [2.75, 3.05) is 0 Å². The normalized spacial score (nSPS) is 12.2. The topological polar surface area (TPSA) is 56.7 Å². The smallest absolute Gasteiger partial charge is 0.503 e. The summed E-state index contributed by atoms with van der Waals surface area (Å²) in [7, 11) is 0. The molecule has 54 heavy (non-hydrogen) atoms. The summed E-state index contributed by atoms with van der Waals surface area (Å²) in [4.78, 5) is 15.2. The van der Waals surface area contributed by atoms with Gasteiger partial charge in [-0.15, -0.1) is 23.6 Å². The van der Waals surface area contributed by atoms with E-state index in [1.165, 1.54) is 21.7 Å². The maximum Gasteiger partial charge on any atom is 2.00 e. The first-order chi connectivity index (χ1) is 25.9. The fourth-order valence-corrected chi connectivity index (χ4v) is 8.25. The molecule has 0 saturated heterocycles. The van der Waals surface area contributed by atoms with Crippen LogP contribution in [0.4, 0.5) is 0 Å². The van der Waals surface area contributed by atoms with E-state index in [1.54, 1.807) is 0 Å². The molecule has 0 unspecified atom stereocenters. The van der Waals surface area contributed by atoms with Crippen LogP contribution >= 0.6 is 0 Å². The average Bonchev–Trinajstić information content (AvgIpc) is 3.86. The van der Waals surface area contributed by atoms with Gasteiger partial charge in [-0.25, -0.2) is 4.98 Å². The van der Waals surface area contributed by atoms with Crippen molar-refractivity contribution in [3.8, 4) is 34.0 Å². The third-order valence-corrected chi connectivity index (χ3v) is 10.5. The van der Waals surface area contributed by atoms with Gasteiger partial charge in [-0.2, -0.15) is 6.07 Å². The number of rotatable bonds is 4. The Labute approximate surface area is 324 Å². The standard InChI is InChI=1S/C47H31N5O.Pd/c1-47(2,3)37-23-25-49-46-40(37)35-17-10-16-34-32-21-19-31(27-39(32)52(46)44(34)35)53-30-20-22-33-36(26-30)45-50-41(28-12-6-4-7-13-28)43(29-14-8-5-9-15-29)51(45)38-18-11-24-48-42(33)38;/h4-25H,1-3H3;/q-2;+2. The maximum atomic E-state index is 6.64. The molecule has 0 spiro atoms. The van der Waals surface area contributed by atoms with Crippen LogP contribution in [0.5, 0.6) is 11.5 Å². The Morgan fingerprint density at radius 2 is 1.31 bits per heavy atom. The molecule has 0 amide bonds. The van der Waals surface area contributed by atoms with Crippen LogP contribution < -0.4 is 4.74 Å². The van der Waals surface area contributed by atoms with Crippen LogP contribution in [0, 0.1) is 12.1 Å². The molecule has 6 nitrogen and oxygen atoms in total. The minimum absolute atomic E-state index is 0. The number of aromatic nitrogens is 5. The minimum atomic E-state index is -0.0379. The number of imidazole rings is 1. The van der Waals surface area contributed by atoms with Gasteiger partial charge in [0.1, 0.15) is 5.65 Å². The molecule has 6 heterocycles. The predicted molar refractivity (Wildman–Crippen MR) is 214 cm³/mol. The molecule has 0 radical (unpaired) electrons. The quantitative estimate of drug-likeness (QED) is 0.101. The number of fused-ring (bicyclic) bond motifs is 12. The third kappa shape index (κ3) is 4.65. The van der Waals surface area contributed by atoms with Crippen LogP contribution in [0.1, 0.15) is 26.3 Å². The molecule has 5 aromatic carbocycles. The summed E-state index contributed by atoms with van der Waals surface area (Å²) < 4.78 is 11.1. The van der Waals surface area contributed by atoms with Crippen LogP contribution in [0.25, 0.3) is 88.2 Å². The predicted octanol–water partition coefficient (Wildman–Crippen LogP) is 11.6. The molecular formula is C47H31N5OPd. The fourth-order valence-electron chi connectivity index (χ4n) is 8.25. The Balaban J connectivity index is 0.00000361. The molecule has 11 rings (SSSR count). The van der Waals surface area contributed by atoms with Gasteiger partial charge in [0.25, 0.3) is 0 Å². The van der Waals surface area contributed by atoms with Gasteiger partial charge in [0.2, 0.25) is 0 Å². The first kappa shape index (κ1) is 32.5. The van der Waals surface area contributed by atoms with E-state index in [9.17, 15) is 0 Å². The van der Waals surface area contributed by atoms with Crippen molar-refractivity contribution in [2.45, 2.75) is 26.2 Å². The molecule has 0 bridgehead atoms. The second-order valence-electron chi connectivity index (χ2n) is 14.7.